The summed E-state index contributed by atoms with van der Waals surface area (Å²) in [5.41, 5.74) is 0.466. The molecule has 1 aromatic carbocycles. The molecule has 0 saturated carbocycles. The van der Waals surface area contributed by atoms with Crippen molar-refractivity contribution in [3.8, 4) is 17.2 Å². The van der Waals surface area contributed by atoms with Crippen LogP contribution in [0.5, 0.6) is 17.2 Å². The molecule has 0 aromatic heterocycles. The van der Waals surface area contributed by atoms with E-state index < -0.39 is 0 Å². The minimum absolute atomic E-state index is 0.00227. The van der Waals surface area contributed by atoms with E-state index in [2.05, 4.69) is 6.92 Å². The van der Waals surface area contributed by atoms with E-state index in [0.29, 0.717) is 17.7 Å². The number of phenols is 2. The average molecular weight is 243 g/mol. The predicted molar refractivity (Wildman–Crippen MR) is 62.4 cm³/mol. The van der Waals surface area contributed by atoms with Gasteiger partial charge in [-0.15, -0.1) is 0 Å². The number of fused-ring (bicyclic) bond motifs is 1. The summed E-state index contributed by atoms with van der Waals surface area (Å²) in [5.74, 6) is 0.336. The topological polar surface area (TPSA) is 49.7 Å². The van der Waals surface area contributed by atoms with Crippen LogP contribution in [0.3, 0.4) is 0 Å². The Kier molecular flexibility index (Phi) is 2.66. The lowest BCUT2D eigenvalue weighted by Crippen LogP contribution is -2.35. The number of rotatable bonds is 1. The summed E-state index contributed by atoms with van der Waals surface area (Å²) in [4.78, 5) is 0. The van der Waals surface area contributed by atoms with Gasteiger partial charge in [0.05, 0.1) is 0 Å². The summed E-state index contributed by atoms with van der Waals surface area (Å²) in [7, 11) is 0. The van der Waals surface area contributed by atoms with Crippen molar-refractivity contribution in [3.63, 3.8) is 0 Å². The van der Waals surface area contributed by atoms with Crippen LogP contribution in [0.15, 0.2) is 6.07 Å². The van der Waals surface area contributed by atoms with E-state index >= 15 is 0 Å². The molecule has 2 N–H and O–H groups in total. The fraction of sp³-hybridized carbons (Fsp3) is 0.500. The van der Waals surface area contributed by atoms with E-state index in [0.717, 1.165) is 12.8 Å². The molecule has 16 heavy (non-hydrogen) atoms. The summed E-state index contributed by atoms with van der Waals surface area (Å²) >= 11 is 5.76. The molecule has 0 fully saturated rings. The maximum atomic E-state index is 9.80. The van der Waals surface area contributed by atoms with Crippen molar-refractivity contribution in [2.45, 2.75) is 38.7 Å². The highest BCUT2D eigenvalue weighted by molar-refractivity contribution is 6.33. The number of hydrogen-bond donors (Lipinski definition) is 2. The van der Waals surface area contributed by atoms with Crippen molar-refractivity contribution in [1.82, 2.24) is 0 Å². The summed E-state index contributed by atoms with van der Waals surface area (Å²) in [5, 5.41) is 19.3. The Hall–Kier alpha value is -1.09. The third kappa shape index (κ3) is 1.69. The molecule has 2 rings (SSSR count). The summed E-state index contributed by atoms with van der Waals surface area (Å²) in [6.45, 7) is 4.08. The molecule has 0 saturated heterocycles. The van der Waals surface area contributed by atoms with Crippen LogP contribution >= 0.6 is 11.6 Å². The molecule has 1 aliphatic rings. The Morgan fingerprint density at radius 2 is 2.19 bits per heavy atom. The monoisotopic (exact) mass is 242 g/mol. The second kappa shape index (κ2) is 3.74. The van der Waals surface area contributed by atoms with Crippen LogP contribution in [-0.2, 0) is 6.42 Å². The smallest absolute Gasteiger partial charge is 0.144 e. The van der Waals surface area contributed by atoms with Crippen molar-refractivity contribution >= 4 is 11.6 Å². The summed E-state index contributed by atoms with van der Waals surface area (Å²) < 4.78 is 5.81. The van der Waals surface area contributed by atoms with Crippen molar-refractivity contribution in [2.24, 2.45) is 0 Å². The largest absolute Gasteiger partial charge is 0.506 e. The van der Waals surface area contributed by atoms with E-state index in [1.54, 1.807) is 0 Å². The number of phenolic OH excluding ortho intramolecular Hbond substituents is 2. The molecule has 1 heterocycles. The quantitative estimate of drug-likeness (QED) is 0.795. The van der Waals surface area contributed by atoms with Gasteiger partial charge in [-0.1, -0.05) is 18.5 Å². The lowest BCUT2D eigenvalue weighted by molar-refractivity contribution is 0.0601. The Balaban J connectivity index is 2.48. The normalized spacial score (nSPS) is 23.7. The van der Waals surface area contributed by atoms with Gasteiger partial charge in [0.15, 0.2) is 0 Å². The van der Waals surface area contributed by atoms with Crippen molar-refractivity contribution in [1.29, 1.82) is 0 Å². The zero-order valence-electron chi connectivity index (χ0n) is 9.38. The first-order valence-electron chi connectivity index (χ1n) is 5.39. The van der Waals surface area contributed by atoms with Crippen molar-refractivity contribution in [3.05, 3.63) is 16.7 Å². The zero-order valence-corrected chi connectivity index (χ0v) is 10.1. The fourth-order valence-corrected chi connectivity index (χ4v) is 2.10. The number of aromatic hydroxyl groups is 2. The summed E-state index contributed by atoms with van der Waals surface area (Å²) in [6.07, 6.45) is 2.44. The van der Waals surface area contributed by atoms with Gasteiger partial charge in [0, 0.05) is 11.6 Å². The molecule has 88 valence electrons. The first kappa shape index (κ1) is 11.4. The highest BCUT2D eigenvalue weighted by Gasteiger charge is 2.32. The lowest BCUT2D eigenvalue weighted by atomic mass is 9.90. The number of hydrogen-bond acceptors (Lipinski definition) is 3. The third-order valence-corrected chi connectivity index (χ3v) is 3.66. The highest BCUT2D eigenvalue weighted by atomic mass is 35.5. The van der Waals surface area contributed by atoms with Crippen LogP contribution < -0.4 is 4.74 Å². The zero-order chi connectivity index (χ0) is 11.9. The van der Waals surface area contributed by atoms with Gasteiger partial charge in [-0.25, -0.2) is 0 Å². The molecule has 1 aliphatic heterocycles. The Morgan fingerprint density at radius 3 is 2.81 bits per heavy atom. The number of halogens is 1. The van der Waals surface area contributed by atoms with E-state index in [4.69, 9.17) is 16.3 Å². The minimum atomic E-state index is -0.223. The molecular formula is C12H15ClO3. The van der Waals surface area contributed by atoms with Crippen LogP contribution in [0.4, 0.5) is 0 Å². The van der Waals surface area contributed by atoms with Gasteiger partial charge in [-0.2, -0.15) is 0 Å². The second-order valence-electron chi connectivity index (χ2n) is 4.44. The first-order chi connectivity index (χ1) is 7.47. The van der Waals surface area contributed by atoms with E-state index in [1.165, 1.54) is 6.07 Å². The van der Waals surface area contributed by atoms with Gasteiger partial charge in [0.2, 0.25) is 0 Å². The van der Waals surface area contributed by atoms with E-state index in [9.17, 15) is 10.2 Å². The average Bonchev–Trinajstić information content (AvgIpc) is 2.26. The van der Waals surface area contributed by atoms with Gasteiger partial charge in [0.1, 0.15) is 27.9 Å². The van der Waals surface area contributed by atoms with Gasteiger partial charge in [0.25, 0.3) is 0 Å². The molecule has 0 aliphatic carbocycles. The molecule has 0 bridgehead atoms. The maximum absolute atomic E-state index is 9.80. The SMILES string of the molecule is CCC1(C)CCc2c(cc(O)c(Cl)c2O)O1. The number of benzene rings is 1. The molecule has 4 heteroatoms. The highest BCUT2D eigenvalue weighted by Crippen LogP contribution is 2.46. The van der Waals surface area contributed by atoms with Crippen LogP contribution in [0.25, 0.3) is 0 Å². The van der Waals surface area contributed by atoms with Crippen molar-refractivity contribution < 1.29 is 14.9 Å². The second-order valence-corrected chi connectivity index (χ2v) is 4.82. The molecule has 0 radical (unpaired) electrons. The Bertz CT molecular complexity index is 431. The molecule has 0 spiro atoms. The van der Waals surface area contributed by atoms with Gasteiger partial charge < -0.3 is 14.9 Å². The van der Waals surface area contributed by atoms with Crippen LogP contribution in [0.1, 0.15) is 32.3 Å². The molecule has 1 atom stereocenters. The predicted octanol–water partition coefficient (Wildman–Crippen LogP) is 3.24. The van der Waals surface area contributed by atoms with E-state index in [-0.39, 0.29) is 22.1 Å². The van der Waals surface area contributed by atoms with Crippen LogP contribution in [0.2, 0.25) is 5.02 Å². The molecule has 1 unspecified atom stereocenters. The Labute approximate surface area is 99.6 Å². The van der Waals surface area contributed by atoms with Crippen LogP contribution in [-0.4, -0.2) is 15.8 Å². The third-order valence-electron chi connectivity index (χ3n) is 3.29. The van der Waals surface area contributed by atoms with Gasteiger partial charge in [-0.05, 0) is 26.2 Å². The number of ether oxygens (including phenoxy) is 1. The molecule has 0 amide bonds. The summed E-state index contributed by atoms with van der Waals surface area (Å²) in [6, 6.07) is 1.48. The van der Waals surface area contributed by atoms with Crippen LogP contribution in [0, 0.1) is 0 Å². The Morgan fingerprint density at radius 1 is 1.50 bits per heavy atom. The standard InChI is InChI=1S/C12H15ClO3/c1-3-12(2)5-4-7-9(16-12)6-8(14)10(13)11(7)15/h6,14-15H,3-5H2,1-2H3. The maximum Gasteiger partial charge on any atom is 0.144 e. The fourth-order valence-electron chi connectivity index (χ4n) is 1.93. The van der Waals surface area contributed by atoms with E-state index in [1.807, 2.05) is 6.92 Å². The molecule has 3 nitrogen and oxygen atoms in total. The lowest BCUT2D eigenvalue weighted by Gasteiger charge is -2.35. The molecular weight excluding hydrogens is 228 g/mol. The van der Waals surface area contributed by atoms with Crippen molar-refractivity contribution in [2.75, 3.05) is 0 Å². The van der Waals surface area contributed by atoms with Gasteiger partial charge in [-0.3, -0.25) is 0 Å². The first-order valence-corrected chi connectivity index (χ1v) is 5.77. The molecule has 1 aromatic rings. The minimum Gasteiger partial charge on any atom is -0.506 e. The van der Waals surface area contributed by atoms with Gasteiger partial charge >= 0.3 is 0 Å².